The van der Waals surface area contributed by atoms with Gasteiger partial charge in [0.25, 0.3) is 0 Å². The lowest BCUT2D eigenvalue weighted by atomic mass is 10.3. The van der Waals surface area contributed by atoms with Crippen LogP contribution in [-0.4, -0.2) is 0 Å². The fourth-order valence-electron chi connectivity index (χ4n) is 0.693. The van der Waals surface area contributed by atoms with Crippen molar-refractivity contribution in [1.29, 1.82) is 5.53 Å². The Hall–Kier alpha value is -0.690. The monoisotopic (exact) mass is 264 g/mol. The number of halogens is 1. The number of nitrogens with two attached hydrogens (primary N) is 1. The van der Waals surface area contributed by atoms with Crippen LogP contribution in [0.15, 0.2) is 29.4 Å². The smallest absolute Gasteiger partial charge is 0.109 e. The maximum absolute atomic E-state index is 6.72. The van der Waals surface area contributed by atoms with Crippen LogP contribution in [0.4, 0.5) is 11.4 Å². The van der Waals surface area contributed by atoms with E-state index in [-0.39, 0.29) is 24.0 Å². The molecular weight excluding hydrogens is 255 g/mol. The molecule has 0 heterocycles. The normalized spacial score (nSPS) is 8.09. The van der Waals surface area contributed by atoms with Crippen molar-refractivity contribution in [2.75, 3.05) is 5.43 Å². The number of nitrogen functional groups attached to an aromatic ring is 1. The number of nitrogens with one attached hydrogen (secondary N) is 2. The van der Waals surface area contributed by atoms with E-state index in [1.807, 2.05) is 6.07 Å². The highest BCUT2D eigenvalue weighted by atomic mass is 127. The summed E-state index contributed by atoms with van der Waals surface area (Å²) in [7, 11) is 0. The van der Waals surface area contributed by atoms with Crippen molar-refractivity contribution >= 4 is 35.4 Å². The summed E-state index contributed by atoms with van der Waals surface area (Å²) in [5, 5.41) is 3.25. The van der Waals surface area contributed by atoms with Gasteiger partial charge < -0.3 is 5.43 Å². The maximum Gasteiger partial charge on any atom is 0.109 e. The molecule has 1 rings (SSSR count). The Morgan fingerprint density at radius 3 is 2.45 bits per heavy atom. The molecule has 1 aromatic rings. The lowest BCUT2D eigenvalue weighted by molar-refractivity contribution is 1.14. The SMILES string of the molecule is I.N=Nc1ccccc1NN. The molecule has 4 N–H and O–H groups in total. The summed E-state index contributed by atoms with van der Waals surface area (Å²) in [6, 6.07) is 7.09. The van der Waals surface area contributed by atoms with Crippen LogP contribution >= 0.6 is 24.0 Å². The topological polar surface area (TPSA) is 74.3 Å². The van der Waals surface area contributed by atoms with Gasteiger partial charge in [-0.25, -0.2) is 5.53 Å². The highest BCUT2D eigenvalue weighted by Crippen LogP contribution is 2.21. The van der Waals surface area contributed by atoms with Crippen molar-refractivity contribution < 1.29 is 0 Å². The average molecular weight is 264 g/mol. The molecule has 0 aliphatic rings. The van der Waals surface area contributed by atoms with Gasteiger partial charge in [-0.2, -0.15) is 5.11 Å². The summed E-state index contributed by atoms with van der Waals surface area (Å²) in [6.07, 6.45) is 0. The molecule has 1 aromatic carbocycles. The highest BCUT2D eigenvalue weighted by Gasteiger charge is 1.94. The van der Waals surface area contributed by atoms with Gasteiger partial charge in [0.2, 0.25) is 0 Å². The summed E-state index contributed by atoms with van der Waals surface area (Å²) < 4.78 is 0. The molecule has 0 amide bonds. The number of benzene rings is 1. The number of para-hydroxylation sites is 2. The van der Waals surface area contributed by atoms with E-state index in [4.69, 9.17) is 11.4 Å². The fraction of sp³-hybridized carbons (Fsp3) is 0. The van der Waals surface area contributed by atoms with Crippen molar-refractivity contribution in [3.8, 4) is 0 Å². The average Bonchev–Trinajstić information content (AvgIpc) is 2.04. The van der Waals surface area contributed by atoms with Crippen molar-refractivity contribution in [2.45, 2.75) is 0 Å². The molecule has 0 aliphatic carbocycles. The summed E-state index contributed by atoms with van der Waals surface area (Å²) in [5.41, 5.74) is 10.4. The first-order chi connectivity index (χ1) is 4.88. The number of anilines is 1. The molecule has 11 heavy (non-hydrogen) atoms. The Balaban J connectivity index is 0.000001000. The number of hydrogen-bond acceptors (Lipinski definition) is 4. The number of hydrazine groups is 1. The zero-order valence-corrected chi connectivity index (χ0v) is 8.07. The minimum Gasteiger partial charge on any atom is -0.322 e. The van der Waals surface area contributed by atoms with E-state index in [0.717, 1.165) is 0 Å². The van der Waals surface area contributed by atoms with Crippen molar-refractivity contribution in [3.63, 3.8) is 0 Å². The third-order valence-electron chi connectivity index (χ3n) is 1.18. The van der Waals surface area contributed by atoms with Gasteiger partial charge in [-0.3, -0.25) is 5.84 Å². The molecule has 0 radical (unpaired) electrons. The summed E-state index contributed by atoms with van der Waals surface area (Å²) >= 11 is 0. The second kappa shape index (κ2) is 5.03. The fourth-order valence-corrected chi connectivity index (χ4v) is 0.693. The second-order valence-electron chi connectivity index (χ2n) is 1.77. The molecule has 0 spiro atoms. The summed E-state index contributed by atoms with van der Waals surface area (Å²) in [5.74, 6) is 5.13. The standard InChI is InChI=1S/C6H8N4.HI/c7-9-5-3-1-2-4-6(5)10-8;/h1-4,7,10H,8H2;1H. The van der Waals surface area contributed by atoms with Crippen LogP contribution in [0.5, 0.6) is 0 Å². The zero-order valence-electron chi connectivity index (χ0n) is 5.74. The molecule has 0 unspecified atom stereocenters. The van der Waals surface area contributed by atoms with Crippen LogP contribution in [0.25, 0.3) is 0 Å². The van der Waals surface area contributed by atoms with Crippen LogP contribution in [-0.2, 0) is 0 Å². The molecule has 60 valence electrons. The Morgan fingerprint density at radius 1 is 1.36 bits per heavy atom. The van der Waals surface area contributed by atoms with Crippen LogP contribution in [0.3, 0.4) is 0 Å². The van der Waals surface area contributed by atoms with Crippen molar-refractivity contribution in [2.24, 2.45) is 11.0 Å². The van der Waals surface area contributed by atoms with E-state index in [9.17, 15) is 0 Å². The second-order valence-corrected chi connectivity index (χ2v) is 1.77. The van der Waals surface area contributed by atoms with Gasteiger partial charge in [-0.1, -0.05) is 12.1 Å². The predicted molar refractivity (Wildman–Crippen MR) is 54.5 cm³/mol. The van der Waals surface area contributed by atoms with Crippen LogP contribution < -0.4 is 11.3 Å². The Labute approximate surface area is 81.7 Å². The minimum atomic E-state index is 0. The van der Waals surface area contributed by atoms with Gasteiger partial charge in [0, 0.05) is 0 Å². The zero-order chi connectivity index (χ0) is 7.40. The van der Waals surface area contributed by atoms with Crippen molar-refractivity contribution in [3.05, 3.63) is 24.3 Å². The molecule has 0 fully saturated rings. The number of rotatable bonds is 2. The Morgan fingerprint density at radius 2 is 2.00 bits per heavy atom. The molecule has 0 atom stereocenters. The molecule has 0 saturated carbocycles. The summed E-state index contributed by atoms with van der Waals surface area (Å²) in [6.45, 7) is 0. The summed E-state index contributed by atoms with van der Waals surface area (Å²) in [4.78, 5) is 0. The first-order valence-electron chi connectivity index (χ1n) is 2.81. The largest absolute Gasteiger partial charge is 0.322 e. The molecule has 5 heteroatoms. The first-order valence-corrected chi connectivity index (χ1v) is 2.81. The number of nitrogens with zero attached hydrogens (tertiary/aromatic N) is 1. The predicted octanol–water partition coefficient (Wildman–Crippen LogP) is 2.25. The van der Waals surface area contributed by atoms with Crippen molar-refractivity contribution in [1.82, 2.24) is 0 Å². The third-order valence-corrected chi connectivity index (χ3v) is 1.18. The van der Waals surface area contributed by atoms with E-state index >= 15 is 0 Å². The number of hydrogen-bond donors (Lipinski definition) is 3. The van der Waals surface area contributed by atoms with Gasteiger partial charge in [-0.15, -0.1) is 24.0 Å². The Bertz CT molecular complexity index is 238. The Kier molecular flexibility index (Phi) is 4.71. The van der Waals surface area contributed by atoms with Gasteiger partial charge >= 0.3 is 0 Å². The third kappa shape index (κ3) is 2.43. The maximum atomic E-state index is 6.72. The quantitative estimate of drug-likeness (QED) is 0.331. The van der Waals surface area contributed by atoms with Gasteiger partial charge in [0.05, 0.1) is 5.69 Å². The van der Waals surface area contributed by atoms with Crippen LogP contribution in [0.1, 0.15) is 0 Å². The van der Waals surface area contributed by atoms with E-state index in [0.29, 0.717) is 11.4 Å². The molecule has 0 aromatic heterocycles. The van der Waals surface area contributed by atoms with E-state index < -0.39 is 0 Å². The van der Waals surface area contributed by atoms with E-state index in [1.54, 1.807) is 18.2 Å². The van der Waals surface area contributed by atoms with Gasteiger partial charge in [-0.05, 0) is 12.1 Å². The van der Waals surface area contributed by atoms with Crippen LogP contribution in [0.2, 0.25) is 0 Å². The highest BCUT2D eigenvalue weighted by molar-refractivity contribution is 14.0. The molecule has 0 saturated heterocycles. The molecule has 0 aliphatic heterocycles. The molecule has 0 bridgehead atoms. The minimum absolute atomic E-state index is 0. The molecule has 4 nitrogen and oxygen atoms in total. The molecular formula is C6H9IN4. The van der Waals surface area contributed by atoms with E-state index in [2.05, 4.69) is 10.5 Å². The first kappa shape index (κ1) is 10.3. The lowest BCUT2D eigenvalue weighted by Gasteiger charge is -2.00. The van der Waals surface area contributed by atoms with E-state index in [1.165, 1.54) is 0 Å². The van der Waals surface area contributed by atoms with Gasteiger partial charge in [0.1, 0.15) is 5.69 Å². The van der Waals surface area contributed by atoms with Crippen LogP contribution in [0, 0.1) is 5.53 Å². The van der Waals surface area contributed by atoms with Gasteiger partial charge in [0.15, 0.2) is 0 Å². The lowest BCUT2D eigenvalue weighted by Crippen LogP contribution is -2.06.